The number of halogens is 1. The molecule has 0 radical (unpaired) electrons. The van der Waals surface area contributed by atoms with Crippen LogP contribution in [0.3, 0.4) is 0 Å². The summed E-state index contributed by atoms with van der Waals surface area (Å²) in [4.78, 5) is 33.4. The summed E-state index contributed by atoms with van der Waals surface area (Å²) < 4.78 is 44.7. The number of hydrogen-bond acceptors (Lipinski definition) is 8. The van der Waals surface area contributed by atoms with Gasteiger partial charge >= 0.3 is 5.97 Å². The fourth-order valence-corrected chi connectivity index (χ4v) is 8.23. The number of nitrogens with one attached hydrogen (secondary N) is 2. The Kier molecular flexibility index (Phi) is 6.84. The number of carbonyl (C=O) groups is 2. The number of benzene rings is 1. The number of aromatic nitrogens is 5. The van der Waals surface area contributed by atoms with Gasteiger partial charge in [0.25, 0.3) is 10.0 Å². The molecule has 3 saturated carbocycles. The molecule has 3 fully saturated rings. The van der Waals surface area contributed by atoms with E-state index < -0.39 is 33.8 Å². The normalized spacial score (nSPS) is 21.3. The number of pyridine rings is 1. The third-order valence-corrected chi connectivity index (χ3v) is 10.7. The highest BCUT2D eigenvalue weighted by Crippen LogP contribution is 2.46. The summed E-state index contributed by atoms with van der Waals surface area (Å²) in [6.45, 7) is 3.20. The van der Waals surface area contributed by atoms with E-state index in [0.29, 0.717) is 17.2 Å². The SMILES string of the molecule is CC(=O)Nc1ccc2c(N[C@H]3C4CCC(CC4)[C@@H]3C(=O)O)nc(-c3cn(S(=O)(=O)c4ccc(C)cc4)c4ncc(F)cc34)nn12. The lowest BCUT2D eigenvalue weighted by molar-refractivity contribution is -0.148. The van der Waals surface area contributed by atoms with Gasteiger partial charge in [0.15, 0.2) is 17.3 Å². The lowest BCUT2D eigenvalue weighted by atomic mass is 9.61. The largest absolute Gasteiger partial charge is 0.481 e. The summed E-state index contributed by atoms with van der Waals surface area (Å²) in [7, 11) is -4.16. The molecular weight excluding hydrogens is 601 g/mol. The predicted molar refractivity (Wildman–Crippen MR) is 164 cm³/mol. The maximum Gasteiger partial charge on any atom is 0.308 e. The van der Waals surface area contributed by atoms with Crippen LogP contribution in [-0.4, -0.2) is 55.0 Å². The Bertz CT molecular complexity index is 2100. The van der Waals surface area contributed by atoms with E-state index >= 15 is 0 Å². The topological polar surface area (TPSA) is 161 Å². The zero-order chi connectivity index (χ0) is 31.6. The number of aryl methyl sites for hydroxylation is 1. The average Bonchev–Trinajstić information content (AvgIpc) is 3.59. The van der Waals surface area contributed by atoms with Crippen molar-refractivity contribution in [3.05, 3.63) is 66.2 Å². The van der Waals surface area contributed by atoms with Crippen LogP contribution < -0.4 is 10.6 Å². The molecule has 1 aromatic carbocycles. The number of aliphatic carboxylic acids is 1. The summed E-state index contributed by atoms with van der Waals surface area (Å²) >= 11 is 0. The van der Waals surface area contributed by atoms with E-state index in [1.165, 1.54) is 35.8 Å². The molecule has 2 atom stereocenters. The number of hydrogen-bond donors (Lipinski definition) is 3. The van der Waals surface area contributed by atoms with Gasteiger partial charge in [-0.15, -0.1) is 5.10 Å². The molecule has 0 aliphatic heterocycles. The summed E-state index contributed by atoms with van der Waals surface area (Å²) in [6, 6.07) is 10.5. The summed E-state index contributed by atoms with van der Waals surface area (Å²) in [5.74, 6) is -1.67. The predicted octanol–water partition coefficient (Wildman–Crippen LogP) is 4.69. The smallest absolute Gasteiger partial charge is 0.308 e. The van der Waals surface area contributed by atoms with Crippen molar-refractivity contribution in [3.63, 3.8) is 0 Å². The van der Waals surface area contributed by atoms with Gasteiger partial charge in [-0.1, -0.05) is 17.7 Å². The minimum Gasteiger partial charge on any atom is -0.481 e. The molecule has 232 valence electrons. The van der Waals surface area contributed by atoms with E-state index in [1.54, 1.807) is 24.3 Å². The van der Waals surface area contributed by atoms with Crippen molar-refractivity contribution in [2.75, 3.05) is 10.6 Å². The first-order valence-corrected chi connectivity index (χ1v) is 16.1. The van der Waals surface area contributed by atoms with Crippen LogP contribution >= 0.6 is 0 Å². The first kappa shape index (κ1) is 28.9. The molecule has 12 nitrogen and oxygen atoms in total. The monoisotopic (exact) mass is 631 g/mol. The Morgan fingerprint density at radius 3 is 2.44 bits per heavy atom. The molecule has 5 aromatic rings. The van der Waals surface area contributed by atoms with Crippen molar-refractivity contribution in [3.8, 4) is 11.4 Å². The van der Waals surface area contributed by atoms with Gasteiger partial charge in [0.05, 0.1) is 17.0 Å². The zero-order valence-electron chi connectivity index (χ0n) is 24.4. The third-order valence-electron chi connectivity index (χ3n) is 9.02. The fraction of sp³-hybridized carbons (Fsp3) is 0.323. The van der Waals surface area contributed by atoms with Gasteiger partial charge in [-0.2, -0.15) is 0 Å². The van der Waals surface area contributed by atoms with Gasteiger partial charge in [0.1, 0.15) is 17.2 Å². The number of rotatable bonds is 7. The van der Waals surface area contributed by atoms with Gasteiger partial charge in [-0.25, -0.2) is 31.3 Å². The second-order valence-corrected chi connectivity index (χ2v) is 13.7. The third kappa shape index (κ3) is 4.89. The number of carboxylic acids is 1. The van der Waals surface area contributed by atoms with Crippen molar-refractivity contribution in [1.82, 2.24) is 23.6 Å². The van der Waals surface area contributed by atoms with E-state index in [-0.39, 0.29) is 45.1 Å². The molecule has 0 unspecified atom stereocenters. The van der Waals surface area contributed by atoms with Crippen LogP contribution in [0.1, 0.15) is 38.2 Å². The van der Waals surface area contributed by atoms with Gasteiger partial charge in [0.2, 0.25) is 5.91 Å². The van der Waals surface area contributed by atoms with E-state index in [4.69, 9.17) is 4.98 Å². The summed E-state index contributed by atoms with van der Waals surface area (Å²) in [6.07, 6.45) is 5.75. The maximum absolute atomic E-state index is 14.6. The van der Waals surface area contributed by atoms with Crippen LogP contribution in [0.4, 0.5) is 16.0 Å². The van der Waals surface area contributed by atoms with Crippen LogP contribution in [0, 0.1) is 30.5 Å². The van der Waals surface area contributed by atoms with Crippen molar-refractivity contribution < 1.29 is 27.5 Å². The highest BCUT2D eigenvalue weighted by molar-refractivity contribution is 7.90. The molecule has 3 aliphatic carbocycles. The Morgan fingerprint density at radius 1 is 1.04 bits per heavy atom. The molecule has 0 saturated heterocycles. The summed E-state index contributed by atoms with van der Waals surface area (Å²) in [5, 5.41) is 21.1. The highest BCUT2D eigenvalue weighted by Gasteiger charge is 2.47. The summed E-state index contributed by atoms with van der Waals surface area (Å²) in [5.41, 5.74) is 1.52. The van der Waals surface area contributed by atoms with E-state index in [9.17, 15) is 27.5 Å². The van der Waals surface area contributed by atoms with Gasteiger partial charge < -0.3 is 15.7 Å². The van der Waals surface area contributed by atoms with E-state index in [0.717, 1.165) is 41.4 Å². The molecule has 45 heavy (non-hydrogen) atoms. The first-order valence-electron chi connectivity index (χ1n) is 14.7. The molecule has 0 spiro atoms. The molecule has 4 aromatic heterocycles. The number of anilines is 2. The standard InChI is InChI=1S/C31H30FN7O5S/c1-16-3-9-21(10-4-16)45(43,44)38-15-23(22-13-20(32)14-33-30(22)38)28-36-29(24-11-12-25(34-17(2)40)39(24)37-28)35-27-19-7-5-18(6-8-19)26(27)31(41)42/h3-4,9-15,18-19,26-27H,5-8H2,1-2H3,(H,34,40)(H,41,42)(H,35,36,37)/t18?,19?,26-,27-/m0/s1. The van der Waals surface area contributed by atoms with E-state index in [2.05, 4.69) is 20.7 Å². The second kappa shape index (κ2) is 10.6. The fourth-order valence-electron chi connectivity index (χ4n) is 6.90. The first-order chi connectivity index (χ1) is 21.5. The van der Waals surface area contributed by atoms with Gasteiger partial charge in [-0.05, 0) is 74.8 Å². The number of fused-ring (bicyclic) bond motifs is 5. The molecule has 2 bridgehead atoms. The molecular formula is C31H30FN7O5S. The molecule has 4 heterocycles. The number of nitrogens with zero attached hydrogens (tertiary/aromatic N) is 5. The molecule has 8 rings (SSSR count). The number of carbonyl (C=O) groups excluding carboxylic acids is 1. The average molecular weight is 632 g/mol. The number of amides is 1. The lowest BCUT2D eigenvalue weighted by Gasteiger charge is -2.47. The second-order valence-electron chi connectivity index (χ2n) is 11.9. The van der Waals surface area contributed by atoms with Gasteiger partial charge in [0, 0.05) is 30.1 Å². The van der Waals surface area contributed by atoms with Gasteiger partial charge in [-0.3, -0.25) is 9.59 Å². The Labute approximate surface area is 257 Å². The molecule has 1 amide bonds. The van der Waals surface area contributed by atoms with Crippen LogP contribution in [0.2, 0.25) is 0 Å². The van der Waals surface area contributed by atoms with Crippen molar-refractivity contribution in [2.45, 2.75) is 50.5 Å². The molecule has 3 aliphatic rings. The van der Waals surface area contributed by atoms with Crippen molar-refractivity contribution in [1.29, 1.82) is 0 Å². The van der Waals surface area contributed by atoms with Crippen LogP contribution in [0.25, 0.3) is 27.9 Å². The van der Waals surface area contributed by atoms with Crippen molar-refractivity contribution >= 4 is 50.1 Å². The maximum atomic E-state index is 14.6. The molecule has 3 N–H and O–H groups in total. The minimum absolute atomic E-state index is 0.0182. The van der Waals surface area contributed by atoms with Crippen molar-refractivity contribution in [2.24, 2.45) is 17.8 Å². The highest BCUT2D eigenvalue weighted by atomic mass is 32.2. The lowest BCUT2D eigenvalue weighted by Crippen LogP contribution is -2.51. The Hall–Kier alpha value is -4.85. The zero-order valence-corrected chi connectivity index (χ0v) is 25.3. The van der Waals surface area contributed by atoms with Crippen LogP contribution in [-0.2, 0) is 19.6 Å². The Balaban J connectivity index is 1.43. The number of carboxylic acid groups (broad SMARTS) is 1. The van der Waals surface area contributed by atoms with E-state index in [1.807, 2.05) is 6.92 Å². The molecule has 14 heteroatoms. The quantitative estimate of drug-likeness (QED) is 0.231. The Morgan fingerprint density at radius 2 is 1.76 bits per heavy atom. The van der Waals surface area contributed by atoms with Crippen LogP contribution in [0.15, 0.2) is 59.8 Å². The minimum atomic E-state index is -4.16. The van der Waals surface area contributed by atoms with Crippen LogP contribution in [0.5, 0.6) is 0 Å².